The van der Waals surface area contributed by atoms with Crippen molar-refractivity contribution in [2.75, 3.05) is 6.54 Å². The molecule has 1 aliphatic heterocycles. The Morgan fingerprint density at radius 1 is 1.17 bits per heavy atom. The van der Waals surface area contributed by atoms with Crippen molar-refractivity contribution in [1.29, 1.82) is 0 Å². The van der Waals surface area contributed by atoms with Crippen LogP contribution in [-0.2, 0) is 22.6 Å². The molecule has 5 nitrogen and oxygen atoms in total. The molecular weight excluding hydrogens is 386 g/mol. The van der Waals surface area contributed by atoms with E-state index in [0.29, 0.717) is 25.4 Å². The van der Waals surface area contributed by atoms with Gasteiger partial charge in [0.15, 0.2) is 0 Å². The Morgan fingerprint density at radius 2 is 1.83 bits per heavy atom. The van der Waals surface area contributed by atoms with E-state index in [1.807, 2.05) is 26.0 Å². The van der Waals surface area contributed by atoms with Crippen molar-refractivity contribution in [1.82, 2.24) is 10.2 Å². The molecule has 2 amide bonds. The molecule has 1 heterocycles. The van der Waals surface area contributed by atoms with Gasteiger partial charge in [0.2, 0.25) is 11.8 Å². The van der Waals surface area contributed by atoms with E-state index < -0.39 is 6.04 Å². The van der Waals surface area contributed by atoms with Crippen molar-refractivity contribution in [2.45, 2.75) is 77.4 Å². The first-order valence-corrected chi connectivity index (χ1v) is 10.9. The molecule has 0 aromatic heterocycles. The van der Waals surface area contributed by atoms with E-state index in [4.69, 9.17) is 5.73 Å². The monoisotopic (exact) mass is 421 g/mol. The molecule has 0 bridgehead atoms. The number of amides is 2. The highest BCUT2D eigenvalue weighted by atomic mass is 35.5. The Morgan fingerprint density at radius 3 is 2.45 bits per heavy atom. The molecule has 1 aliphatic carbocycles. The molecule has 3 unspecified atom stereocenters. The zero-order valence-electron chi connectivity index (χ0n) is 17.7. The number of carbonyl (C=O) groups is 2. The van der Waals surface area contributed by atoms with E-state index in [1.54, 1.807) is 4.90 Å². The highest BCUT2D eigenvalue weighted by Crippen LogP contribution is 2.28. The van der Waals surface area contributed by atoms with Crippen LogP contribution in [0.4, 0.5) is 0 Å². The first-order chi connectivity index (χ1) is 13.5. The van der Waals surface area contributed by atoms with Crippen LogP contribution in [-0.4, -0.2) is 35.3 Å². The van der Waals surface area contributed by atoms with Crippen LogP contribution in [0.5, 0.6) is 0 Å². The second-order valence-electron chi connectivity index (χ2n) is 8.51. The molecule has 3 N–H and O–H groups in total. The zero-order valence-corrected chi connectivity index (χ0v) is 18.5. The lowest BCUT2D eigenvalue weighted by Gasteiger charge is -2.39. The van der Waals surface area contributed by atoms with E-state index in [1.165, 1.54) is 19.3 Å². The number of hydrogen-bond donors (Lipinski definition) is 2. The van der Waals surface area contributed by atoms with Gasteiger partial charge in [0.1, 0.15) is 6.04 Å². The minimum Gasteiger partial charge on any atom is -0.350 e. The second kappa shape index (κ2) is 11.0. The van der Waals surface area contributed by atoms with Crippen LogP contribution in [0, 0.1) is 11.8 Å². The number of nitrogens with zero attached hydrogens (tertiary/aromatic N) is 1. The molecule has 29 heavy (non-hydrogen) atoms. The normalized spacial score (nSPS) is 21.5. The third-order valence-electron chi connectivity index (χ3n) is 6.67. The third-order valence-corrected chi connectivity index (χ3v) is 6.67. The fraction of sp³-hybridized carbons (Fsp3) is 0.652. The number of benzene rings is 1. The summed E-state index contributed by atoms with van der Waals surface area (Å²) >= 11 is 0. The number of carbonyl (C=O) groups excluding carboxylic acids is 2. The second-order valence-corrected chi connectivity index (χ2v) is 8.51. The van der Waals surface area contributed by atoms with Gasteiger partial charge in [-0.15, -0.1) is 12.4 Å². The summed E-state index contributed by atoms with van der Waals surface area (Å²) in [6, 6.07) is 7.69. The molecule has 6 heteroatoms. The Kier molecular flexibility index (Phi) is 8.97. The van der Waals surface area contributed by atoms with Gasteiger partial charge in [-0.1, -0.05) is 57.4 Å². The smallest absolute Gasteiger partial charge is 0.243 e. The molecule has 1 aromatic carbocycles. The van der Waals surface area contributed by atoms with Crippen molar-refractivity contribution in [2.24, 2.45) is 17.6 Å². The Hall–Kier alpha value is -1.59. The van der Waals surface area contributed by atoms with Crippen molar-refractivity contribution in [3.05, 3.63) is 35.4 Å². The van der Waals surface area contributed by atoms with Gasteiger partial charge in [0.05, 0.1) is 0 Å². The lowest BCUT2D eigenvalue weighted by molar-refractivity contribution is -0.145. The van der Waals surface area contributed by atoms with Gasteiger partial charge >= 0.3 is 0 Å². The average molecular weight is 422 g/mol. The molecule has 3 rings (SSSR count). The summed E-state index contributed by atoms with van der Waals surface area (Å²) in [6.07, 6.45) is 7.32. The van der Waals surface area contributed by atoms with E-state index in [9.17, 15) is 9.59 Å². The standard InChI is InChI=1S/C23H35N3O2.ClH/c1-3-16(2)23(28)26-15-19-12-8-7-11-18(19)13-21(26)22(27)25-20(14-24)17-9-5-4-6-10-17;/h7-8,11-12,16-17,20-21H,3-6,9-10,13-15,24H2,1-2H3,(H,25,27);1H. The summed E-state index contributed by atoms with van der Waals surface area (Å²) in [5.41, 5.74) is 8.34. The number of nitrogens with one attached hydrogen (secondary N) is 1. The summed E-state index contributed by atoms with van der Waals surface area (Å²) in [5.74, 6) is 0.396. The van der Waals surface area contributed by atoms with Crippen molar-refractivity contribution in [3.8, 4) is 0 Å². The lowest BCUT2D eigenvalue weighted by atomic mass is 9.83. The molecule has 3 atom stereocenters. The Balaban J connectivity index is 0.00000300. The van der Waals surface area contributed by atoms with Gasteiger partial charge in [-0.05, 0) is 36.3 Å². The molecular formula is C23H36ClN3O2. The van der Waals surface area contributed by atoms with Crippen LogP contribution in [0.15, 0.2) is 24.3 Å². The molecule has 0 radical (unpaired) electrons. The number of rotatable bonds is 6. The number of hydrogen-bond acceptors (Lipinski definition) is 3. The maximum absolute atomic E-state index is 13.3. The van der Waals surface area contributed by atoms with Gasteiger partial charge < -0.3 is 16.0 Å². The first-order valence-electron chi connectivity index (χ1n) is 10.9. The van der Waals surface area contributed by atoms with Gasteiger partial charge in [-0.25, -0.2) is 0 Å². The molecule has 0 saturated heterocycles. The van der Waals surface area contributed by atoms with Crippen LogP contribution in [0.25, 0.3) is 0 Å². The van der Waals surface area contributed by atoms with Crippen molar-refractivity contribution in [3.63, 3.8) is 0 Å². The molecule has 2 aliphatic rings. The zero-order chi connectivity index (χ0) is 20.1. The maximum atomic E-state index is 13.3. The van der Waals surface area contributed by atoms with Gasteiger partial charge in [0.25, 0.3) is 0 Å². The van der Waals surface area contributed by atoms with E-state index in [-0.39, 0.29) is 36.2 Å². The van der Waals surface area contributed by atoms with Crippen LogP contribution in [0.2, 0.25) is 0 Å². The highest BCUT2D eigenvalue weighted by molar-refractivity contribution is 5.89. The summed E-state index contributed by atoms with van der Waals surface area (Å²) in [6.45, 7) is 4.93. The molecule has 1 saturated carbocycles. The fourth-order valence-electron chi connectivity index (χ4n) is 4.63. The average Bonchev–Trinajstić information content (AvgIpc) is 2.75. The topological polar surface area (TPSA) is 75.4 Å². The van der Waals surface area contributed by atoms with E-state index in [2.05, 4.69) is 17.4 Å². The predicted octanol–water partition coefficient (Wildman–Crippen LogP) is 3.43. The summed E-state index contributed by atoms with van der Waals surface area (Å²) in [7, 11) is 0. The van der Waals surface area contributed by atoms with E-state index >= 15 is 0 Å². The third kappa shape index (κ3) is 5.52. The molecule has 162 valence electrons. The SMILES string of the molecule is CCC(C)C(=O)N1Cc2ccccc2CC1C(=O)NC(CN)C1CCCCC1.Cl. The molecule has 1 fully saturated rings. The van der Waals surface area contributed by atoms with Crippen molar-refractivity contribution < 1.29 is 9.59 Å². The van der Waals surface area contributed by atoms with Crippen LogP contribution in [0.3, 0.4) is 0 Å². The lowest BCUT2D eigenvalue weighted by Crippen LogP contribution is -2.57. The van der Waals surface area contributed by atoms with Gasteiger partial charge in [-0.2, -0.15) is 0 Å². The maximum Gasteiger partial charge on any atom is 0.243 e. The number of halogens is 1. The minimum absolute atomic E-state index is 0. The first kappa shape index (κ1) is 23.7. The summed E-state index contributed by atoms with van der Waals surface area (Å²) in [5, 5.41) is 3.22. The van der Waals surface area contributed by atoms with Crippen LogP contribution < -0.4 is 11.1 Å². The van der Waals surface area contributed by atoms with Gasteiger partial charge in [-0.3, -0.25) is 9.59 Å². The van der Waals surface area contributed by atoms with Crippen molar-refractivity contribution >= 4 is 24.2 Å². The van der Waals surface area contributed by atoms with Crippen LogP contribution >= 0.6 is 12.4 Å². The minimum atomic E-state index is -0.450. The molecule has 1 aromatic rings. The molecule has 0 spiro atoms. The van der Waals surface area contributed by atoms with E-state index in [0.717, 1.165) is 30.4 Å². The Bertz CT molecular complexity index is 690. The number of fused-ring (bicyclic) bond motifs is 1. The number of nitrogens with two attached hydrogens (primary N) is 1. The van der Waals surface area contributed by atoms with Crippen LogP contribution in [0.1, 0.15) is 63.5 Å². The summed E-state index contributed by atoms with van der Waals surface area (Å²) < 4.78 is 0. The predicted molar refractivity (Wildman–Crippen MR) is 119 cm³/mol. The Labute approximate surface area is 181 Å². The largest absolute Gasteiger partial charge is 0.350 e. The fourth-order valence-corrected chi connectivity index (χ4v) is 4.63. The highest BCUT2D eigenvalue weighted by Gasteiger charge is 2.37. The summed E-state index contributed by atoms with van der Waals surface area (Å²) in [4.78, 5) is 28.1. The quantitative estimate of drug-likeness (QED) is 0.738. The van der Waals surface area contributed by atoms with Gasteiger partial charge in [0, 0.05) is 31.5 Å².